The first-order valence-electron chi connectivity index (χ1n) is 10.5. The van der Waals surface area contributed by atoms with Crippen LogP contribution in [0.3, 0.4) is 0 Å². The highest BCUT2D eigenvalue weighted by atomic mass is 127. The predicted octanol–water partition coefficient (Wildman–Crippen LogP) is 5.09. The average Bonchev–Trinajstić information content (AvgIpc) is 3.27. The van der Waals surface area contributed by atoms with Crippen molar-refractivity contribution in [2.45, 2.75) is 12.7 Å². The predicted molar refractivity (Wildman–Crippen MR) is 141 cm³/mol. The number of halogens is 2. The van der Waals surface area contributed by atoms with Crippen LogP contribution < -0.4 is 5.56 Å². The van der Waals surface area contributed by atoms with Crippen LogP contribution in [0.1, 0.15) is 34.2 Å². The molecule has 35 heavy (non-hydrogen) atoms. The summed E-state index contributed by atoms with van der Waals surface area (Å²) in [7, 11) is 3.50. The Labute approximate surface area is 220 Å². The minimum absolute atomic E-state index is 0.0380. The van der Waals surface area contributed by atoms with E-state index >= 15 is 0 Å². The van der Waals surface area contributed by atoms with Gasteiger partial charge in [-0.15, -0.1) is 0 Å². The molecule has 2 aromatic heterocycles. The zero-order chi connectivity index (χ0) is 25.1. The molecule has 0 saturated heterocycles. The number of ether oxygens (including phenoxy) is 1. The van der Waals surface area contributed by atoms with E-state index in [-0.39, 0.29) is 12.2 Å². The van der Waals surface area contributed by atoms with Gasteiger partial charge in [0.15, 0.2) is 0 Å². The van der Waals surface area contributed by atoms with Gasteiger partial charge in [0.2, 0.25) is 0 Å². The molecule has 0 amide bonds. The van der Waals surface area contributed by atoms with E-state index < -0.39 is 11.7 Å². The van der Waals surface area contributed by atoms with E-state index in [4.69, 9.17) is 16.3 Å². The van der Waals surface area contributed by atoms with Crippen LogP contribution >= 0.6 is 34.2 Å². The van der Waals surface area contributed by atoms with Gasteiger partial charge in [0.05, 0.1) is 36.1 Å². The number of hydrogen-bond donors (Lipinski definition) is 0. The molecular formula is C26H19ClIN5O2. The first kappa shape index (κ1) is 24.7. The van der Waals surface area contributed by atoms with Gasteiger partial charge in [-0.2, -0.15) is 10.5 Å². The van der Waals surface area contributed by atoms with E-state index in [0.717, 1.165) is 20.4 Å². The largest absolute Gasteiger partial charge is 0.361 e. The first-order valence-corrected chi connectivity index (χ1v) is 12.0. The van der Waals surface area contributed by atoms with E-state index in [9.17, 15) is 15.3 Å². The average molecular weight is 596 g/mol. The van der Waals surface area contributed by atoms with Gasteiger partial charge in [-0.1, -0.05) is 29.8 Å². The molecule has 0 bridgehead atoms. The molecule has 0 saturated carbocycles. The highest BCUT2D eigenvalue weighted by molar-refractivity contribution is 14.1. The van der Waals surface area contributed by atoms with Gasteiger partial charge in [-0.3, -0.25) is 4.79 Å². The van der Waals surface area contributed by atoms with Crippen molar-refractivity contribution >= 4 is 34.2 Å². The van der Waals surface area contributed by atoms with Crippen LogP contribution in [0.25, 0.3) is 11.1 Å². The van der Waals surface area contributed by atoms with E-state index in [2.05, 4.69) is 33.6 Å². The van der Waals surface area contributed by atoms with Crippen LogP contribution in [0, 0.1) is 26.2 Å². The van der Waals surface area contributed by atoms with Crippen molar-refractivity contribution in [2.24, 2.45) is 14.1 Å². The number of hydrogen-bond acceptors (Lipinski definition) is 5. The highest BCUT2D eigenvalue weighted by Gasteiger charge is 2.22. The third-order valence-electron chi connectivity index (χ3n) is 5.72. The van der Waals surface area contributed by atoms with Crippen molar-refractivity contribution in [2.75, 3.05) is 0 Å². The number of nitriles is 2. The molecule has 4 aromatic rings. The molecule has 0 N–H and O–H groups in total. The van der Waals surface area contributed by atoms with Crippen LogP contribution in [-0.2, 0) is 25.4 Å². The number of aromatic nitrogens is 3. The second kappa shape index (κ2) is 10.4. The van der Waals surface area contributed by atoms with E-state index in [1.54, 1.807) is 43.8 Å². The number of imidazole rings is 1. The van der Waals surface area contributed by atoms with Crippen LogP contribution in [0.15, 0.2) is 65.8 Å². The molecule has 0 aliphatic carbocycles. The normalized spacial score (nSPS) is 11.6. The van der Waals surface area contributed by atoms with Gasteiger partial charge in [0.25, 0.3) is 5.56 Å². The Morgan fingerprint density at radius 1 is 1.11 bits per heavy atom. The van der Waals surface area contributed by atoms with Gasteiger partial charge in [0.1, 0.15) is 23.8 Å². The smallest absolute Gasteiger partial charge is 0.268 e. The highest BCUT2D eigenvalue weighted by Crippen LogP contribution is 2.31. The van der Waals surface area contributed by atoms with Gasteiger partial charge < -0.3 is 13.9 Å². The summed E-state index contributed by atoms with van der Waals surface area (Å²) in [6.07, 6.45) is 2.90. The molecule has 4 rings (SSSR count). The lowest BCUT2D eigenvalue weighted by Crippen LogP contribution is -2.25. The molecule has 0 aliphatic heterocycles. The van der Waals surface area contributed by atoms with Crippen LogP contribution in [-0.4, -0.2) is 14.1 Å². The van der Waals surface area contributed by atoms with Crippen LogP contribution in [0.2, 0.25) is 5.02 Å². The maximum absolute atomic E-state index is 12.8. The van der Waals surface area contributed by atoms with Gasteiger partial charge in [0, 0.05) is 28.3 Å². The molecule has 0 radical (unpaired) electrons. The van der Waals surface area contributed by atoms with Gasteiger partial charge in [-0.25, -0.2) is 4.98 Å². The second-order valence-electron chi connectivity index (χ2n) is 7.88. The number of aryl methyl sites for hydroxylation is 1. The summed E-state index contributed by atoms with van der Waals surface area (Å²) in [5.74, 6) is 0. The molecule has 1 unspecified atom stereocenters. The Morgan fingerprint density at radius 3 is 2.51 bits per heavy atom. The lowest BCUT2D eigenvalue weighted by molar-refractivity contribution is 0.0585. The summed E-state index contributed by atoms with van der Waals surface area (Å²) >= 11 is 8.36. The first-order chi connectivity index (χ1) is 16.8. The SMILES string of the molecule is Cn1cncc1C(OCc1c(-c2cccc(Cl)c2)cc(C#N)c(=O)n1C)c1ccc(C#N)c(I)c1. The van der Waals surface area contributed by atoms with Crippen molar-refractivity contribution in [3.8, 4) is 23.3 Å². The second-order valence-corrected chi connectivity index (χ2v) is 9.47. The molecule has 0 aliphatic rings. The van der Waals surface area contributed by atoms with Gasteiger partial charge in [-0.05, 0) is 64.0 Å². The van der Waals surface area contributed by atoms with E-state index in [0.29, 0.717) is 21.8 Å². The minimum atomic E-state index is -0.512. The van der Waals surface area contributed by atoms with Crippen LogP contribution in [0.5, 0.6) is 0 Å². The molecule has 7 nitrogen and oxygen atoms in total. The van der Waals surface area contributed by atoms with E-state index in [1.165, 1.54) is 4.57 Å². The molecule has 2 heterocycles. The third-order valence-corrected chi connectivity index (χ3v) is 6.85. The van der Waals surface area contributed by atoms with Crippen molar-refractivity contribution in [1.82, 2.24) is 14.1 Å². The zero-order valence-electron chi connectivity index (χ0n) is 18.9. The monoisotopic (exact) mass is 595 g/mol. The third kappa shape index (κ3) is 5.01. The molecule has 0 fully saturated rings. The van der Waals surface area contributed by atoms with E-state index in [1.807, 2.05) is 41.9 Å². The molecule has 0 spiro atoms. The zero-order valence-corrected chi connectivity index (χ0v) is 21.8. The summed E-state index contributed by atoms with van der Waals surface area (Å²) in [6, 6.07) is 18.5. The van der Waals surface area contributed by atoms with Crippen molar-refractivity contribution in [1.29, 1.82) is 10.5 Å². The molecule has 2 aromatic carbocycles. The fraction of sp³-hybridized carbons (Fsp3) is 0.154. The number of benzene rings is 2. The number of nitrogens with zero attached hydrogens (tertiary/aromatic N) is 5. The molecule has 9 heteroatoms. The molecule has 174 valence electrons. The summed E-state index contributed by atoms with van der Waals surface area (Å²) < 4.78 is 10.6. The lowest BCUT2D eigenvalue weighted by atomic mass is 10.0. The fourth-order valence-corrected chi connectivity index (χ4v) is 4.70. The summed E-state index contributed by atoms with van der Waals surface area (Å²) in [4.78, 5) is 17.0. The standard InChI is InChI=1S/C26H19ClIN5O2/c1-32-15-31-13-23(32)25(17-6-7-18(11-29)22(28)10-17)35-14-24-21(16-4-3-5-20(27)8-16)9-19(12-30)26(34)33(24)2/h3-10,13,15,25H,14H2,1-2H3. The Balaban J connectivity index is 1.81. The quantitative estimate of drug-likeness (QED) is 0.289. The summed E-state index contributed by atoms with van der Waals surface area (Å²) in [6.45, 7) is 0.0751. The van der Waals surface area contributed by atoms with Gasteiger partial charge >= 0.3 is 0 Å². The van der Waals surface area contributed by atoms with Crippen molar-refractivity contribution in [3.05, 3.63) is 108 Å². The maximum Gasteiger partial charge on any atom is 0.268 e. The Kier molecular flexibility index (Phi) is 7.37. The molecular weight excluding hydrogens is 577 g/mol. The summed E-state index contributed by atoms with van der Waals surface area (Å²) in [5.41, 5.74) is 3.94. The lowest BCUT2D eigenvalue weighted by Gasteiger charge is -2.22. The maximum atomic E-state index is 12.8. The number of pyridine rings is 1. The van der Waals surface area contributed by atoms with Crippen molar-refractivity contribution in [3.63, 3.8) is 0 Å². The molecule has 1 atom stereocenters. The fourth-order valence-electron chi connectivity index (χ4n) is 3.85. The Hall–Kier alpha value is -3.44. The van der Waals surface area contributed by atoms with Crippen LogP contribution in [0.4, 0.5) is 0 Å². The topological polar surface area (TPSA) is 96.6 Å². The summed E-state index contributed by atoms with van der Waals surface area (Å²) in [5, 5.41) is 19.4. The Bertz CT molecular complexity index is 1560. The number of rotatable bonds is 6. The Morgan fingerprint density at radius 2 is 1.89 bits per heavy atom. The van der Waals surface area contributed by atoms with Crippen molar-refractivity contribution < 1.29 is 4.74 Å². The minimum Gasteiger partial charge on any atom is -0.361 e.